The van der Waals surface area contributed by atoms with Crippen LogP contribution in [-0.2, 0) is 5.54 Å². The van der Waals surface area contributed by atoms with Crippen molar-refractivity contribution in [2.45, 2.75) is 12.0 Å². The van der Waals surface area contributed by atoms with Gasteiger partial charge in [-0.25, -0.2) is 19.9 Å². The van der Waals surface area contributed by atoms with Crippen molar-refractivity contribution >= 4 is 39.3 Å². The highest BCUT2D eigenvalue weighted by Gasteiger charge is 2.45. The molecule has 3 N–H and O–H groups in total. The molecule has 1 spiro atoms. The predicted molar refractivity (Wildman–Crippen MR) is 130 cm³/mol. The van der Waals surface area contributed by atoms with E-state index in [-0.39, 0.29) is 5.75 Å². The van der Waals surface area contributed by atoms with Crippen molar-refractivity contribution in [3.05, 3.63) is 72.1 Å². The Balaban J connectivity index is 1.47. The molecule has 0 saturated heterocycles. The van der Waals surface area contributed by atoms with Gasteiger partial charge in [-0.05, 0) is 42.8 Å². The topological polar surface area (TPSA) is 108 Å². The molecule has 0 amide bonds. The highest BCUT2D eigenvalue weighted by atomic mass is 32.2. The number of halogens is 1. The Bertz CT molecular complexity index is 1480. The lowest BCUT2D eigenvalue weighted by Gasteiger charge is -2.39. The van der Waals surface area contributed by atoms with Crippen LogP contribution >= 0.6 is 11.8 Å². The van der Waals surface area contributed by atoms with Crippen LogP contribution in [-0.4, -0.2) is 33.0 Å². The molecule has 2 aliphatic heterocycles. The first kappa shape index (κ1) is 20.7. The molecule has 5 heterocycles. The van der Waals surface area contributed by atoms with Gasteiger partial charge in [-0.1, -0.05) is 11.8 Å². The Labute approximate surface area is 198 Å². The fourth-order valence-electron chi connectivity index (χ4n) is 4.47. The minimum atomic E-state index is -0.864. The van der Waals surface area contributed by atoms with Crippen molar-refractivity contribution in [1.29, 1.82) is 0 Å². The Morgan fingerprint density at radius 3 is 2.85 bits per heavy atom. The van der Waals surface area contributed by atoms with Crippen LogP contribution in [0.3, 0.4) is 0 Å². The fraction of sp³-hybridized carbons (Fsp3) is 0.167. The number of amidine groups is 1. The van der Waals surface area contributed by atoms with E-state index in [9.17, 15) is 4.39 Å². The first-order valence-electron chi connectivity index (χ1n) is 10.6. The molecule has 34 heavy (non-hydrogen) atoms. The number of nitrogens with zero attached hydrogens (tertiary/aromatic N) is 4. The van der Waals surface area contributed by atoms with E-state index >= 15 is 0 Å². The second-order valence-electron chi connectivity index (χ2n) is 7.93. The van der Waals surface area contributed by atoms with E-state index in [1.807, 2.05) is 24.3 Å². The molecular weight excluding hydrogens is 455 g/mol. The summed E-state index contributed by atoms with van der Waals surface area (Å²) in [5.74, 6) is 1.95. The Morgan fingerprint density at radius 1 is 1.12 bits per heavy atom. The lowest BCUT2D eigenvalue weighted by molar-refractivity contribution is 0.362. The van der Waals surface area contributed by atoms with Gasteiger partial charge in [-0.3, -0.25) is 0 Å². The van der Waals surface area contributed by atoms with Crippen molar-refractivity contribution in [1.82, 2.24) is 15.0 Å². The summed E-state index contributed by atoms with van der Waals surface area (Å²) in [6.07, 6.45) is 5.44. The Morgan fingerprint density at radius 2 is 2.00 bits per heavy atom. The summed E-state index contributed by atoms with van der Waals surface area (Å²) in [5, 5.41) is 4.71. The smallest absolute Gasteiger partial charge is 0.256 e. The van der Waals surface area contributed by atoms with Crippen LogP contribution in [0.4, 0.5) is 15.9 Å². The van der Waals surface area contributed by atoms with Crippen LogP contribution in [0.1, 0.15) is 17.5 Å². The number of fused-ring (bicyclic) bond motifs is 5. The standard InChI is InChI=1S/C24H19FN6O2S/c1-32-15-10-13-4-7-28-22(19(13)29-12-15)30-14-2-3-18-17(11-14)24(6-9-34-23(26)31-24)16-5-8-27-21(25)20(16)33-18/h2-5,7-8,10-12H,6,9H2,1H3,(H2,26,31)(H,28,30). The lowest BCUT2D eigenvalue weighted by Crippen LogP contribution is -2.35. The van der Waals surface area contributed by atoms with Gasteiger partial charge in [0.05, 0.1) is 13.3 Å². The summed E-state index contributed by atoms with van der Waals surface area (Å²) >= 11 is 1.48. The number of rotatable bonds is 3. The quantitative estimate of drug-likeness (QED) is 0.411. The fourth-order valence-corrected chi connectivity index (χ4v) is 5.30. The number of anilines is 2. The molecule has 1 unspecified atom stereocenters. The summed E-state index contributed by atoms with van der Waals surface area (Å²) in [6.45, 7) is 0. The zero-order chi connectivity index (χ0) is 23.3. The van der Waals surface area contributed by atoms with E-state index in [2.05, 4.69) is 20.3 Å². The first-order chi connectivity index (χ1) is 16.6. The van der Waals surface area contributed by atoms with Gasteiger partial charge in [0.2, 0.25) is 0 Å². The number of hydrogen-bond acceptors (Lipinski definition) is 9. The number of thioether (sulfide) groups is 1. The number of benzene rings is 1. The van der Waals surface area contributed by atoms with E-state index in [1.54, 1.807) is 31.6 Å². The normalized spacial score (nSPS) is 18.6. The highest BCUT2D eigenvalue weighted by Crippen LogP contribution is 2.53. The average molecular weight is 475 g/mol. The maximum atomic E-state index is 14.6. The van der Waals surface area contributed by atoms with Gasteiger partial charge in [0.25, 0.3) is 5.95 Å². The number of aliphatic imine (C=N–C) groups is 1. The van der Waals surface area contributed by atoms with Crippen molar-refractivity contribution in [2.75, 3.05) is 18.2 Å². The molecule has 170 valence electrons. The van der Waals surface area contributed by atoms with Crippen LogP contribution in [0.5, 0.6) is 17.2 Å². The Kier molecular flexibility index (Phi) is 4.77. The molecular formula is C24H19FN6O2S. The van der Waals surface area contributed by atoms with E-state index in [0.717, 1.165) is 22.4 Å². The maximum Gasteiger partial charge on any atom is 0.256 e. The van der Waals surface area contributed by atoms with E-state index in [1.165, 1.54) is 18.0 Å². The molecule has 0 fully saturated rings. The van der Waals surface area contributed by atoms with Crippen LogP contribution in [0.2, 0.25) is 0 Å². The summed E-state index contributed by atoms with van der Waals surface area (Å²) in [5.41, 5.74) is 8.19. The molecule has 3 aromatic heterocycles. The number of ether oxygens (including phenoxy) is 2. The van der Waals surface area contributed by atoms with E-state index in [0.29, 0.717) is 40.0 Å². The minimum Gasteiger partial charge on any atom is -0.495 e. The highest BCUT2D eigenvalue weighted by molar-refractivity contribution is 8.13. The van der Waals surface area contributed by atoms with Crippen molar-refractivity contribution in [3.63, 3.8) is 0 Å². The second-order valence-corrected chi connectivity index (χ2v) is 9.05. The molecule has 10 heteroatoms. The van der Waals surface area contributed by atoms with E-state index in [4.69, 9.17) is 20.2 Å². The third kappa shape index (κ3) is 3.21. The number of pyridine rings is 3. The Hall–Kier alpha value is -3.92. The average Bonchev–Trinajstić information content (AvgIpc) is 2.85. The minimum absolute atomic E-state index is 0.0908. The van der Waals surface area contributed by atoms with E-state index < -0.39 is 11.5 Å². The monoisotopic (exact) mass is 474 g/mol. The molecule has 1 aromatic carbocycles. The van der Waals surface area contributed by atoms with Crippen LogP contribution in [0.15, 0.2) is 60.0 Å². The lowest BCUT2D eigenvalue weighted by atomic mass is 9.78. The number of methoxy groups -OCH3 is 1. The number of hydrogen-bond donors (Lipinski definition) is 2. The van der Waals surface area contributed by atoms with Crippen LogP contribution in [0.25, 0.3) is 10.9 Å². The number of nitrogens with one attached hydrogen (secondary N) is 1. The van der Waals surface area contributed by atoms with Crippen molar-refractivity contribution in [3.8, 4) is 17.2 Å². The second kappa shape index (κ2) is 7.84. The van der Waals surface area contributed by atoms with Crippen LogP contribution < -0.4 is 20.5 Å². The summed E-state index contributed by atoms with van der Waals surface area (Å²) in [4.78, 5) is 17.6. The van der Waals surface area contributed by atoms with Crippen LogP contribution in [0, 0.1) is 5.95 Å². The maximum absolute atomic E-state index is 14.6. The molecule has 0 radical (unpaired) electrons. The summed E-state index contributed by atoms with van der Waals surface area (Å²) in [6, 6.07) is 11.1. The van der Waals surface area contributed by atoms with Gasteiger partial charge in [-0.2, -0.15) is 4.39 Å². The molecule has 0 bridgehead atoms. The summed E-state index contributed by atoms with van der Waals surface area (Å²) < 4.78 is 25.8. The molecule has 0 aliphatic carbocycles. The van der Waals surface area contributed by atoms with Crippen molar-refractivity contribution < 1.29 is 13.9 Å². The van der Waals surface area contributed by atoms with Gasteiger partial charge in [0, 0.05) is 40.3 Å². The molecule has 4 aromatic rings. The molecule has 2 aliphatic rings. The van der Waals surface area contributed by atoms with Gasteiger partial charge < -0.3 is 20.5 Å². The zero-order valence-corrected chi connectivity index (χ0v) is 18.9. The third-order valence-electron chi connectivity index (χ3n) is 6.03. The number of aromatic nitrogens is 3. The van der Waals surface area contributed by atoms with Gasteiger partial charge >= 0.3 is 0 Å². The zero-order valence-electron chi connectivity index (χ0n) is 18.1. The molecule has 1 atom stereocenters. The van der Waals surface area contributed by atoms with Gasteiger partial charge in [0.1, 0.15) is 22.6 Å². The summed E-state index contributed by atoms with van der Waals surface area (Å²) in [7, 11) is 1.60. The molecule has 0 saturated carbocycles. The predicted octanol–water partition coefficient (Wildman–Crippen LogP) is 4.72. The first-order valence-corrected chi connectivity index (χ1v) is 11.6. The third-order valence-corrected chi connectivity index (χ3v) is 6.83. The molecule has 8 nitrogen and oxygen atoms in total. The SMILES string of the molecule is COc1cnc2c(Nc3ccc4c(c3)C3(CCSC(N)=N3)c3ccnc(F)c3O4)nccc2c1. The largest absolute Gasteiger partial charge is 0.495 e. The van der Waals surface area contributed by atoms with Crippen molar-refractivity contribution in [2.24, 2.45) is 10.7 Å². The molecule has 6 rings (SSSR count). The number of nitrogens with two attached hydrogens (primary N) is 1. The van der Waals surface area contributed by atoms with Gasteiger partial charge in [0.15, 0.2) is 16.7 Å². The van der Waals surface area contributed by atoms with Gasteiger partial charge in [-0.15, -0.1) is 0 Å².